The number of anilines is 2. The number of hydrogen-bond donors (Lipinski definition) is 2. The molecule has 122 valence electrons. The van der Waals surface area contributed by atoms with Gasteiger partial charge in [-0.1, -0.05) is 6.07 Å². The molecule has 23 heavy (non-hydrogen) atoms. The molecule has 0 unspecified atom stereocenters. The minimum absolute atomic E-state index is 0.228. The lowest BCUT2D eigenvalue weighted by Crippen LogP contribution is -2.25. The van der Waals surface area contributed by atoms with E-state index in [9.17, 15) is 8.42 Å². The maximum Gasteiger partial charge on any atom is 0.240 e. The van der Waals surface area contributed by atoms with E-state index in [-0.39, 0.29) is 4.90 Å². The van der Waals surface area contributed by atoms with Crippen LogP contribution in [-0.4, -0.2) is 30.7 Å². The first-order valence-electron chi connectivity index (χ1n) is 7.07. The van der Waals surface area contributed by atoms with Crippen molar-refractivity contribution in [1.82, 2.24) is 14.7 Å². The Morgan fingerprint density at radius 2 is 2.13 bits per heavy atom. The van der Waals surface area contributed by atoms with Crippen LogP contribution in [0.25, 0.3) is 0 Å². The van der Waals surface area contributed by atoms with Gasteiger partial charge in [-0.2, -0.15) is 0 Å². The van der Waals surface area contributed by atoms with Gasteiger partial charge >= 0.3 is 0 Å². The fourth-order valence-electron chi connectivity index (χ4n) is 2.07. The van der Waals surface area contributed by atoms with Crippen LogP contribution >= 0.6 is 27.7 Å². The Hall–Kier alpha value is -1.16. The quantitative estimate of drug-likeness (QED) is 0.644. The largest absolute Gasteiger partial charge is 0.324 e. The molecule has 0 atom stereocenters. The van der Waals surface area contributed by atoms with Gasteiger partial charge in [-0.3, -0.25) is 0 Å². The molecule has 0 aliphatic carbocycles. The van der Waals surface area contributed by atoms with E-state index in [0.29, 0.717) is 18.2 Å². The van der Waals surface area contributed by atoms with Gasteiger partial charge in [0.2, 0.25) is 16.0 Å². The molecule has 0 spiro atoms. The third kappa shape index (κ3) is 4.23. The zero-order valence-electron chi connectivity index (χ0n) is 12.1. The molecule has 9 heteroatoms. The number of fused-ring (bicyclic) bond motifs is 4. The highest BCUT2D eigenvalue weighted by molar-refractivity contribution is 9.10. The summed E-state index contributed by atoms with van der Waals surface area (Å²) in [6.07, 6.45) is 3.37. The normalized spacial score (nSPS) is 17.8. The smallest absolute Gasteiger partial charge is 0.240 e. The molecule has 1 aliphatic rings. The summed E-state index contributed by atoms with van der Waals surface area (Å²) in [5, 5.41) is 3.93. The van der Waals surface area contributed by atoms with E-state index in [0.717, 1.165) is 28.1 Å². The molecular formula is C14H15BrN4O2S2. The van der Waals surface area contributed by atoms with Gasteiger partial charge in [0.15, 0.2) is 0 Å². The highest BCUT2D eigenvalue weighted by Gasteiger charge is 2.15. The van der Waals surface area contributed by atoms with E-state index in [2.05, 4.69) is 35.9 Å². The van der Waals surface area contributed by atoms with E-state index in [1.807, 2.05) is 0 Å². The summed E-state index contributed by atoms with van der Waals surface area (Å²) >= 11 is 5.08. The number of rotatable bonds is 0. The highest BCUT2D eigenvalue weighted by Crippen LogP contribution is 2.28. The number of benzene rings is 1. The number of halogens is 1. The SMILES string of the molecule is O=S1(=O)NCCCCSc2nc(ncc2Br)Nc2cccc1c2. The second-order valence-corrected chi connectivity index (χ2v) is 8.66. The van der Waals surface area contributed by atoms with Gasteiger partial charge in [0.05, 0.1) is 9.37 Å². The average Bonchev–Trinajstić information content (AvgIpc) is 2.53. The van der Waals surface area contributed by atoms with Crippen molar-refractivity contribution in [2.45, 2.75) is 22.8 Å². The number of nitrogens with zero attached hydrogens (tertiary/aromatic N) is 2. The molecule has 1 aromatic carbocycles. The molecule has 1 aromatic heterocycles. The molecule has 1 aliphatic heterocycles. The van der Waals surface area contributed by atoms with Crippen LogP contribution in [0.15, 0.2) is 44.9 Å². The first kappa shape index (κ1) is 16.7. The Morgan fingerprint density at radius 3 is 3.00 bits per heavy atom. The first-order chi connectivity index (χ1) is 11.0. The van der Waals surface area contributed by atoms with Crippen molar-refractivity contribution in [3.8, 4) is 0 Å². The Balaban J connectivity index is 1.99. The van der Waals surface area contributed by atoms with Crippen LogP contribution in [-0.2, 0) is 10.0 Å². The van der Waals surface area contributed by atoms with Crippen LogP contribution in [0.1, 0.15) is 12.8 Å². The number of nitrogens with one attached hydrogen (secondary N) is 2. The summed E-state index contributed by atoms with van der Waals surface area (Å²) in [5.74, 6) is 1.30. The van der Waals surface area contributed by atoms with Crippen molar-refractivity contribution >= 4 is 49.4 Å². The van der Waals surface area contributed by atoms with Gasteiger partial charge in [-0.05, 0) is 52.7 Å². The third-order valence-electron chi connectivity index (χ3n) is 3.21. The molecule has 0 fully saturated rings. The number of hydrogen-bond acceptors (Lipinski definition) is 6. The van der Waals surface area contributed by atoms with Crippen molar-refractivity contribution in [2.75, 3.05) is 17.6 Å². The number of sulfonamides is 1. The Morgan fingerprint density at radius 1 is 1.26 bits per heavy atom. The molecule has 0 radical (unpaired) electrons. The fraction of sp³-hybridized carbons (Fsp3) is 0.286. The second kappa shape index (κ2) is 7.16. The Labute approximate surface area is 147 Å². The number of thioether (sulfide) groups is 1. The lowest BCUT2D eigenvalue weighted by Gasteiger charge is -2.12. The van der Waals surface area contributed by atoms with Gasteiger partial charge in [0.25, 0.3) is 0 Å². The fourth-order valence-corrected chi connectivity index (χ4v) is 4.61. The zero-order chi connectivity index (χ0) is 16.3. The summed E-state index contributed by atoms with van der Waals surface area (Å²) in [5.41, 5.74) is 0.628. The molecule has 0 amide bonds. The molecular weight excluding hydrogens is 400 g/mol. The molecule has 2 heterocycles. The Kier molecular flexibility index (Phi) is 5.20. The second-order valence-electron chi connectivity index (χ2n) is 4.95. The van der Waals surface area contributed by atoms with Gasteiger partial charge < -0.3 is 5.32 Å². The minimum Gasteiger partial charge on any atom is -0.324 e. The molecule has 4 bridgehead atoms. The topological polar surface area (TPSA) is 84.0 Å². The van der Waals surface area contributed by atoms with E-state index in [1.54, 1.807) is 42.2 Å². The standard InChI is InChI=1S/C14H15BrN4O2S2/c15-12-9-16-14-18-10-4-3-5-11(8-10)23(20,21)17-6-1-2-7-22-13(12)19-14/h3-5,8-9,17H,1-2,6-7H2,(H,16,18,19). The first-order valence-corrected chi connectivity index (χ1v) is 10.3. The Bertz CT molecular complexity index is 814. The van der Waals surface area contributed by atoms with E-state index in [4.69, 9.17) is 0 Å². The van der Waals surface area contributed by atoms with Gasteiger partial charge in [0.1, 0.15) is 5.03 Å². The number of aromatic nitrogens is 2. The molecule has 2 aromatic rings. The lowest BCUT2D eigenvalue weighted by molar-refractivity contribution is 0.578. The van der Waals surface area contributed by atoms with Crippen molar-refractivity contribution in [1.29, 1.82) is 0 Å². The van der Waals surface area contributed by atoms with Crippen molar-refractivity contribution in [3.05, 3.63) is 34.9 Å². The van der Waals surface area contributed by atoms with Crippen LogP contribution < -0.4 is 10.0 Å². The van der Waals surface area contributed by atoms with Crippen molar-refractivity contribution in [3.63, 3.8) is 0 Å². The summed E-state index contributed by atoms with van der Waals surface area (Å²) in [7, 11) is -3.49. The van der Waals surface area contributed by atoms with Crippen LogP contribution in [0.2, 0.25) is 0 Å². The summed E-state index contributed by atoms with van der Waals surface area (Å²) in [6.45, 7) is 0.427. The van der Waals surface area contributed by atoms with E-state index < -0.39 is 10.0 Å². The van der Waals surface area contributed by atoms with Crippen LogP contribution in [0.4, 0.5) is 11.6 Å². The van der Waals surface area contributed by atoms with Crippen molar-refractivity contribution < 1.29 is 8.42 Å². The lowest BCUT2D eigenvalue weighted by atomic mass is 10.3. The van der Waals surface area contributed by atoms with E-state index >= 15 is 0 Å². The average molecular weight is 415 g/mol. The third-order valence-corrected chi connectivity index (χ3v) is 6.59. The zero-order valence-corrected chi connectivity index (χ0v) is 15.3. The molecule has 6 nitrogen and oxygen atoms in total. The maximum atomic E-state index is 12.3. The van der Waals surface area contributed by atoms with Gasteiger partial charge in [-0.15, -0.1) is 11.8 Å². The molecule has 0 saturated heterocycles. The molecule has 0 saturated carbocycles. The van der Waals surface area contributed by atoms with Gasteiger partial charge in [0, 0.05) is 18.4 Å². The van der Waals surface area contributed by atoms with E-state index in [1.165, 1.54) is 0 Å². The monoisotopic (exact) mass is 414 g/mol. The van der Waals surface area contributed by atoms with Crippen molar-refractivity contribution in [2.24, 2.45) is 0 Å². The minimum atomic E-state index is -3.49. The summed E-state index contributed by atoms with van der Waals surface area (Å²) in [6, 6.07) is 6.62. The summed E-state index contributed by atoms with van der Waals surface area (Å²) < 4.78 is 28.0. The highest BCUT2D eigenvalue weighted by atomic mass is 79.9. The van der Waals surface area contributed by atoms with Crippen LogP contribution in [0.5, 0.6) is 0 Å². The predicted molar refractivity (Wildman–Crippen MR) is 94.6 cm³/mol. The molecule has 2 N–H and O–H groups in total. The predicted octanol–water partition coefficient (Wildman–Crippen LogP) is 3.15. The van der Waals surface area contributed by atoms with Crippen LogP contribution in [0, 0.1) is 0 Å². The maximum absolute atomic E-state index is 12.3. The molecule has 3 rings (SSSR count). The van der Waals surface area contributed by atoms with Crippen LogP contribution in [0.3, 0.4) is 0 Å². The van der Waals surface area contributed by atoms with Gasteiger partial charge in [-0.25, -0.2) is 23.1 Å². The summed E-state index contributed by atoms with van der Waals surface area (Å²) in [4.78, 5) is 8.93.